The number of hydrogen-bond donors (Lipinski definition) is 6. The molecule has 7 rings (SSSR count). The van der Waals surface area contributed by atoms with Gasteiger partial charge in [0.15, 0.2) is 42.0 Å². The summed E-state index contributed by atoms with van der Waals surface area (Å²) in [6.07, 6.45) is -1.27. The highest BCUT2D eigenvalue weighted by molar-refractivity contribution is 7.90. The van der Waals surface area contributed by atoms with Crippen LogP contribution < -0.4 is 60.8 Å². The summed E-state index contributed by atoms with van der Waals surface area (Å²) in [6.45, 7) is 25.1. The van der Waals surface area contributed by atoms with Gasteiger partial charge in [0, 0.05) is 35.9 Å². The molecule has 0 aliphatic carbocycles. The van der Waals surface area contributed by atoms with E-state index in [0.717, 1.165) is 16.7 Å². The lowest BCUT2D eigenvalue weighted by molar-refractivity contribution is -0.162. The van der Waals surface area contributed by atoms with Gasteiger partial charge in [0.25, 0.3) is 10.0 Å². The summed E-state index contributed by atoms with van der Waals surface area (Å²) in [7, 11) is -4.27. The fourth-order valence-electron chi connectivity index (χ4n) is 10.2. The molecule has 5 heterocycles. The maximum Gasteiger partial charge on any atom is 0.371 e. The molecule has 3 aliphatic heterocycles. The van der Waals surface area contributed by atoms with Crippen molar-refractivity contribution >= 4 is 79.1 Å². The lowest BCUT2D eigenvalue weighted by Gasteiger charge is -2.28. The second kappa shape index (κ2) is 30.4. The molecule has 1 fully saturated rings. The fraction of sp³-hybridized carbons (Fsp3) is 0.578. The minimum Gasteiger partial charge on any atom is -0.487 e. The maximum absolute atomic E-state index is 14.1. The number of fused-ring (bicyclic) bond motifs is 3. The summed E-state index contributed by atoms with van der Waals surface area (Å²) >= 11 is 1.36. The van der Waals surface area contributed by atoms with E-state index >= 15 is 0 Å². The van der Waals surface area contributed by atoms with Gasteiger partial charge in [-0.25, -0.2) is 17.9 Å². The van der Waals surface area contributed by atoms with E-state index in [4.69, 9.17) is 52.8 Å². The molecule has 7 N–H and O–H groups in total. The zero-order valence-corrected chi connectivity index (χ0v) is 57.1. The smallest absolute Gasteiger partial charge is 0.371 e. The van der Waals surface area contributed by atoms with Crippen molar-refractivity contribution in [2.45, 2.75) is 181 Å². The normalized spacial score (nSPS) is 15.8. The Hall–Kier alpha value is -8.02. The Labute approximate surface area is 545 Å². The Balaban J connectivity index is 1.03. The van der Waals surface area contributed by atoms with Crippen LogP contribution in [0.2, 0.25) is 0 Å². The summed E-state index contributed by atoms with van der Waals surface area (Å²) in [4.78, 5) is 99.5. The maximum atomic E-state index is 14.1. The lowest BCUT2D eigenvalue weighted by atomic mass is 9.94. The number of nitrogens with one attached hydrogen (secondary N) is 5. The second-order valence-electron chi connectivity index (χ2n) is 26.3. The molecule has 27 nitrogen and oxygen atoms in total. The van der Waals surface area contributed by atoms with Gasteiger partial charge >= 0.3 is 23.5 Å². The van der Waals surface area contributed by atoms with E-state index in [-0.39, 0.29) is 30.9 Å². The van der Waals surface area contributed by atoms with Crippen molar-refractivity contribution in [2.24, 2.45) is 10.7 Å². The van der Waals surface area contributed by atoms with E-state index in [1.54, 1.807) is 89.2 Å². The van der Waals surface area contributed by atoms with Gasteiger partial charge in [-0.2, -0.15) is 4.58 Å². The molecule has 510 valence electrons. The predicted molar refractivity (Wildman–Crippen MR) is 343 cm³/mol. The van der Waals surface area contributed by atoms with Crippen LogP contribution in [-0.4, -0.2) is 162 Å². The molecule has 1 saturated heterocycles. The van der Waals surface area contributed by atoms with Gasteiger partial charge in [-0.05, 0) is 144 Å². The van der Waals surface area contributed by atoms with Crippen LogP contribution in [0.3, 0.4) is 0 Å². The first-order valence-electron chi connectivity index (χ1n) is 30.8. The number of hydrogen-bond acceptors (Lipinski definition) is 21. The number of sulfonamides is 1. The number of carbonyl (C=O) groups excluding carboxylic acids is 7. The Morgan fingerprint density at radius 2 is 1.45 bits per heavy atom. The minimum absolute atomic E-state index is 0.0143. The largest absolute Gasteiger partial charge is 0.487 e. The molecular formula is C64H89N8O19S2+. The van der Waals surface area contributed by atoms with Crippen LogP contribution in [0.15, 0.2) is 44.0 Å². The molecule has 4 aromatic rings. The lowest BCUT2D eigenvalue weighted by Crippen LogP contribution is -2.56. The molecule has 2 aromatic heterocycles. The topological polar surface area (TPSA) is 351 Å². The van der Waals surface area contributed by atoms with Crippen LogP contribution in [0.5, 0.6) is 23.0 Å². The molecule has 93 heavy (non-hydrogen) atoms. The van der Waals surface area contributed by atoms with Gasteiger partial charge in [0.05, 0.1) is 42.6 Å². The predicted octanol–water partition coefficient (Wildman–Crippen LogP) is 4.57. The van der Waals surface area contributed by atoms with E-state index in [9.17, 15) is 42.0 Å². The summed E-state index contributed by atoms with van der Waals surface area (Å²) in [5.74, 6) is -4.33. The second-order valence-corrected chi connectivity index (χ2v) is 28.8. The summed E-state index contributed by atoms with van der Waals surface area (Å²) < 4.78 is 91.0. The van der Waals surface area contributed by atoms with Crippen molar-refractivity contribution in [3.05, 3.63) is 57.5 Å². The van der Waals surface area contributed by atoms with Crippen LogP contribution in [0.4, 0.5) is 0 Å². The standard InChI is InChI=1S/C64H88N8O19S2/c1-36-37(2)56(38(3)40-31-64(13,14)90-53(36)40)93(80,81)71-60(65)66-21-15-16-42(57(77)67-32-49(74)69-43(29-52(76)89-62(7,8)9)58(78)70-44(33-87-61(4,5)6)59(79)91-63(10,11)12)68-48(73)19-20-51(75)86-35-85-47-30-50(72-22-24-82-25-23-72)88-54-41(34-92-55(47)54)39-17-18-45-46(28-39)84-27-26-83-45/h17-18,28,30,34,42-44H,15-16,19-27,29,31-33,35H2,1-14H3,(H6-,65,66,67,68,69,70,71,73,74,77,78)/p+1/t42-,43-,44?/m0/s1. The van der Waals surface area contributed by atoms with Gasteiger partial charge in [0.2, 0.25) is 36.4 Å². The third kappa shape index (κ3) is 20.7. The first kappa shape index (κ1) is 72.4. The van der Waals surface area contributed by atoms with E-state index in [2.05, 4.69) is 31.0 Å². The SMILES string of the molecule is Cc1c(C)c(S(=O)(=O)NC(N)=NCCC[C@H](NC(=O)CCC(=O)OCOc2cc(=[N+]3CCOCC3)oc3c(-c4ccc5c(c4)OCCO5)csc23)C(=O)NCC(=O)N[C@@H](CC(=O)OC(C)(C)C)C(=O)NC(COC(C)(C)C)C(=O)OC(C)(C)C)c(C)c2c1OC(C)(C)C2. The van der Waals surface area contributed by atoms with Crippen molar-refractivity contribution < 1.29 is 89.0 Å². The van der Waals surface area contributed by atoms with Gasteiger partial charge in [-0.15, -0.1) is 11.3 Å². The molecule has 29 heteroatoms. The number of morpholine rings is 1. The number of amides is 4. The number of carbonyl (C=O) groups is 7. The zero-order chi connectivity index (χ0) is 68.4. The number of benzene rings is 2. The van der Waals surface area contributed by atoms with Crippen LogP contribution >= 0.6 is 11.3 Å². The molecule has 3 atom stereocenters. The summed E-state index contributed by atoms with van der Waals surface area (Å²) in [5, 5.41) is 11.9. The van der Waals surface area contributed by atoms with Gasteiger partial charge in [0.1, 0.15) is 65.8 Å². The monoisotopic (exact) mass is 1340 g/mol. The van der Waals surface area contributed by atoms with Gasteiger partial charge < -0.3 is 74.0 Å². The van der Waals surface area contributed by atoms with Crippen molar-refractivity contribution in [3.63, 3.8) is 0 Å². The van der Waals surface area contributed by atoms with Crippen molar-refractivity contribution in [3.8, 4) is 34.1 Å². The van der Waals surface area contributed by atoms with E-state index < -0.39 is 131 Å². The average Bonchev–Trinajstić information content (AvgIpc) is 1.67. The highest BCUT2D eigenvalue weighted by Gasteiger charge is 2.38. The van der Waals surface area contributed by atoms with E-state index in [0.29, 0.717) is 101 Å². The third-order valence-corrected chi connectivity index (χ3v) is 17.1. The number of nitrogens with two attached hydrogens (primary N) is 1. The van der Waals surface area contributed by atoms with Gasteiger partial charge in [-0.3, -0.25) is 33.8 Å². The summed E-state index contributed by atoms with van der Waals surface area (Å²) in [5.41, 5.74) is 7.99. The number of thiophene rings is 1. The van der Waals surface area contributed by atoms with E-state index in [1.807, 2.05) is 42.0 Å². The number of nitrogens with zero attached hydrogens (tertiary/aromatic N) is 2. The average molecular weight is 1340 g/mol. The molecule has 3 aliphatic rings. The van der Waals surface area contributed by atoms with Crippen LogP contribution in [0, 0.1) is 20.8 Å². The zero-order valence-electron chi connectivity index (χ0n) is 55.5. The molecular weight excluding hydrogens is 1250 g/mol. The number of aliphatic imine (C=N–C) groups is 1. The van der Waals surface area contributed by atoms with Crippen LogP contribution in [0.1, 0.15) is 131 Å². The van der Waals surface area contributed by atoms with Crippen molar-refractivity contribution in [1.29, 1.82) is 0 Å². The molecule has 0 radical (unpaired) electrons. The minimum atomic E-state index is -4.27. The van der Waals surface area contributed by atoms with Crippen LogP contribution in [-0.2, 0) is 73.7 Å². The molecule has 2 aromatic carbocycles. The Morgan fingerprint density at radius 1 is 0.774 bits per heavy atom. The highest BCUT2D eigenvalue weighted by atomic mass is 32.2. The first-order chi connectivity index (χ1) is 43.5. The van der Waals surface area contributed by atoms with Crippen molar-refractivity contribution in [1.82, 2.24) is 30.6 Å². The number of guanidine groups is 1. The quantitative estimate of drug-likeness (QED) is 0.0101. The summed E-state index contributed by atoms with van der Waals surface area (Å²) in [6, 6.07) is 2.91. The molecule has 0 bridgehead atoms. The Morgan fingerprint density at radius 3 is 2.13 bits per heavy atom. The molecule has 1 unspecified atom stereocenters. The van der Waals surface area contributed by atoms with Crippen LogP contribution in [0.25, 0.3) is 21.4 Å². The number of esters is 3. The number of ether oxygens (including phenoxy) is 9. The molecule has 0 spiro atoms. The third-order valence-electron chi connectivity index (χ3n) is 14.5. The highest BCUT2D eigenvalue weighted by Crippen LogP contribution is 2.44. The molecule has 0 saturated carbocycles. The fourth-order valence-corrected chi connectivity index (χ4v) is 12.7. The Kier molecular flexibility index (Phi) is 23.6. The van der Waals surface area contributed by atoms with Crippen molar-refractivity contribution in [2.75, 3.05) is 66.0 Å². The Bertz CT molecular complexity index is 3680. The van der Waals surface area contributed by atoms with Gasteiger partial charge in [-0.1, -0.05) is 6.07 Å². The first-order valence-corrected chi connectivity index (χ1v) is 33.1. The molecule has 4 amide bonds. The van der Waals surface area contributed by atoms with E-state index in [1.165, 1.54) is 11.3 Å². The number of rotatable bonds is 25.